The smallest absolute Gasteiger partial charge is 0.434 e. The van der Waals surface area contributed by atoms with E-state index in [1.807, 2.05) is 0 Å². The fourth-order valence-electron chi connectivity index (χ4n) is 3.54. The predicted octanol–water partition coefficient (Wildman–Crippen LogP) is 5.00. The number of aromatic nitrogens is 6. The lowest BCUT2D eigenvalue weighted by Crippen LogP contribution is -2.20. The molecule has 4 heterocycles. The van der Waals surface area contributed by atoms with Crippen LogP contribution in [0, 0.1) is 0 Å². The molecule has 1 amide bonds. The average Bonchev–Trinajstić information content (AvgIpc) is 3.57. The lowest BCUT2D eigenvalue weighted by molar-refractivity contribution is -0.143. The highest BCUT2D eigenvalue weighted by Crippen LogP contribution is 2.38. The van der Waals surface area contributed by atoms with Crippen LogP contribution in [0.2, 0.25) is 5.02 Å². The standard InChI is InChI=1S/C21H13ClF3N7O2S/c1-34-19-12-3-2-4-15(11(12)5-6-26-19)31-17(21(23,24)25)13(10-29-31)18(33)30-16-9-14(22)20(35-16)32-27-7-8-28-32/h2-10H,1H3,(H,30,33). The molecule has 0 aliphatic carbocycles. The third-order valence-electron chi connectivity index (χ3n) is 4.96. The number of fused-ring (bicyclic) bond motifs is 1. The number of rotatable bonds is 5. The summed E-state index contributed by atoms with van der Waals surface area (Å²) < 4.78 is 48.5. The predicted molar refractivity (Wildman–Crippen MR) is 123 cm³/mol. The molecule has 178 valence electrons. The third kappa shape index (κ3) is 4.08. The molecule has 5 rings (SSSR count). The molecule has 0 saturated carbocycles. The number of hydrogen-bond donors (Lipinski definition) is 1. The van der Waals surface area contributed by atoms with Crippen LogP contribution < -0.4 is 10.1 Å². The van der Waals surface area contributed by atoms with E-state index in [-0.39, 0.29) is 21.6 Å². The minimum atomic E-state index is -4.89. The molecule has 0 aliphatic heterocycles. The zero-order chi connectivity index (χ0) is 24.7. The van der Waals surface area contributed by atoms with Gasteiger partial charge in [-0.15, -0.1) is 4.80 Å². The molecule has 1 N–H and O–H groups in total. The van der Waals surface area contributed by atoms with Crippen molar-refractivity contribution in [1.29, 1.82) is 0 Å². The quantitative estimate of drug-likeness (QED) is 0.351. The summed E-state index contributed by atoms with van der Waals surface area (Å²) >= 11 is 7.19. The van der Waals surface area contributed by atoms with Crippen LogP contribution in [0.1, 0.15) is 16.1 Å². The number of benzene rings is 1. The van der Waals surface area contributed by atoms with E-state index in [2.05, 4.69) is 25.6 Å². The summed E-state index contributed by atoms with van der Waals surface area (Å²) in [5.41, 5.74) is -1.77. The van der Waals surface area contributed by atoms with Gasteiger partial charge in [-0.1, -0.05) is 29.0 Å². The van der Waals surface area contributed by atoms with Crippen molar-refractivity contribution in [3.63, 3.8) is 0 Å². The summed E-state index contributed by atoms with van der Waals surface area (Å²) in [6.45, 7) is 0. The first kappa shape index (κ1) is 22.8. The Morgan fingerprint density at radius 1 is 1.11 bits per heavy atom. The molecule has 0 atom stereocenters. The van der Waals surface area contributed by atoms with Gasteiger partial charge in [0.15, 0.2) is 10.7 Å². The minimum Gasteiger partial charge on any atom is -0.481 e. The van der Waals surface area contributed by atoms with Crippen molar-refractivity contribution in [3.8, 4) is 16.6 Å². The van der Waals surface area contributed by atoms with Crippen LogP contribution in [0.5, 0.6) is 5.88 Å². The maximum Gasteiger partial charge on any atom is 0.434 e. The molecular formula is C21H13ClF3N7O2S. The Morgan fingerprint density at radius 3 is 2.60 bits per heavy atom. The summed E-state index contributed by atoms with van der Waals surface area (Å²) in [5.74, 6) is -0.749. The second-order valence-electron chi connectivity index (χ2n) is 7.05. The number of pyridine rings is 1. The topological polar surface area (TPSA) is 99.8 Å². The number of nitrogens with zero attached hydrogens (tertiary/aromatic N) is 6. The molecule has 1 aromatic carbocycles. The molecule has 0 spiro atoms. The maximum atomic E-state index is 14.2. The monoisotopic (exact) mass is 519 g/mol. The summed E-state index contributed by atoms with van der Waals surface area (Å²) in [4.78, 5) is 18.3. The Bertz CT molecular complexity index is 1550. The molecule has 4 aromatic heterocycles. The van der Waals surface area contributed by atoms with E-state index in [0.29, 0.717) is 20.5 Å². The number of amides is 1. The van der Waals surface area contributed by atoms with Gasteiger partial charge in [0, 0.05) is 17.0 Å². The highest BCUT2D eigenvalue weighted by atomic mass is 35.5. The molecule has 0 unspecified atom stereocenters. The van der Waals surface area contributed by atoms with E-state index in [1.54, 1.807) is 18.2 Å². The van der Waals surface area contributed by atoms with Gasteiger partial charge in [-0.05, 0) is 24.3 Å². The SMILES string of the molecule is COc1nccc2c(-n3ncc(C(=O)Nc4cc(Cl)c(-n5nccn5)s4)c3C(F)(F)F)cccc12. The van der Waals surface area contributed by atoms with Gasteiger partial charge >= 0.3 is 6.18 Å². The van der Waals surface area contributed by atoms with Crippen LogP contribution in [-0.2, 0) is 6.18 Å². The number of alkyl halides is 3. The number of hydrogen-bond acceptors (Lipinski definition) is 7. The minimum absolute atomic E-state index is 0.112. The molecule has 0 radical (unpaired) electrons. The first-order chi connectivity index (χ1) is 16.8. The lowest BCUT2D eigenvalue weighted by atomic mass is 10.1. The zero-order valence-corrected chi connectivity index (χ0v) is 19.2. The van der Waals surface area contributed by atoms with Crippen LogP contribution in [0.15, 0.2) is 55.1 Å². The van der Waals surface area contributed by atoms with Gasteiger partial charge in [-0.2, -0.15) is 28.5 Å². The number of halogens is 4. The molecule has 5 aromatic rings. The lowest BCUT2D eigenvalue weighted by Gasteiger charge is -2.15. The Balaban J connectivity index is 1.57. The molecule has 0 fully saturated rings. The largest absolute Gasteiger partial charge is 0.481 e. The number of ether oxygens (including phenoxy) is 1. The van der Waals surface area contributed by atoms with Crippen molar-refractivity contribution in [2.24, 2.45) is 0 Å². The fraction of sp³-hybridized carbons (Fsp3) is 0.0952. The molecule has 35 heavy (non-hydrogen) atoms. The number of thiophene rings is 1. The maximum absolute atomic E-state index is 14.2. The van der Waals surface area contributed by atoms with Crippen LogP contribution in [0.25, 0.3) is 21.5 Å². The summed E-state index contributed by atoms with van der Waals surface area (Å²) in [5, 5.41) is 16.1. The van der Waals surface area contributed by atoms with Crippen molar-refractivity contribution >= 4 is 44.6 Å². The van der Waals surface area contributed by atoms with Gasteiger partial charge < -0.3 is 10.1 Å². The van der Waals surface area contributed by atoms with Crippen LogP contribution in [-0.4, -0.2) is 42.8 Å². The number of anilines is 1. The van der Waals surface area contributed by atoms with Crippen LogP contribution in [0.3, 0.4) is 0 Å². The summed E-state index contributed by atoms with van der Waals surface area (Å²) in [6, 6.07) is 7.65. The summed E-state index contributed by atoms with van der Waals surface area (Å²) in [7, 11) is 1.41. The molecule has 0 aliphatic rings. The highest BCUT2D eigenvalue weighted by Gasteiger charge is 2.41. The fourth-order valence-corrected chi connectivity index (χ4v) is 4.76. The van der Waals surface area contributed by atoms with Crippen molar-refractivity contribution in [1.82, 2.24) is 29.8 Å². The normalized spacial score (nSPS) is 11.7. The van der Waals surface area contributed by atoms with Crippen LogP contribution in [0.4, 0.5) is 18.2 Å². The van der Waals surface area contributed by atoms with Gasteiger partial charge in [0.05, 0.1) is 47.0 Å². The number of carbonyl (C=O) groups is 1. The first-order valence-corrected chi connectivity index (χ1v) is 11.0. The Hall–Kier alpha value is -3.97. The number of nitrogens with one attached hydrogen (secondary N) is 1. The number of methoxy groups -OCH3 is 1. The van der Waals surface area contributed by atoms with Crippen molar-refractivity contribution in [3.05, 3.63) is 71.4 Å². The van der Waals surface area contributed by atoms with E-state index >= 15 is 0 Å². The van der Waals surface area contributed by atoms with Crippen molar-refractivity contribution in [2.75, 3.05) is 12.4 Å². The van der Waals surface area contributed by atoms with E-state index in [0.717, 1.165) is 17.5 Å². The number of carbonyl (C=O) groups excluding carboxylic acids is 1. The first-order valence-electron chi connectivity index (χ1n) is 9.82. The second kappa shape index (κ2) is 8.67. The molecular weight excluding hydrogens is 507 g/mol. The van der Waals surface area contributed by atoms with Gasteiger partial charge in [-0.25, -0.2) is 9.67 Å². The van der Waals surface area contributed by atoms with E-state index < -0.39 is 23.3 Å². The van der Waals surface area contributed by atoms with Gasteiger partial charge in [-0.3, -0.25) is 4.79 Å². The van der Waals surface area contributed by atoms with Crippen molar-refractivity contribution < 1.29 is 22.7 Å². The van der Waals surface area contributed by atoms with Gasteiger partial charge in [0.1, 0.15) is 0 Å². The molecule has 0 bridgehead atoms. The van der Waals surface area contributed by atoms with E-state index in [9.17, 15) is 18.0 Å². The molecule has 9 nitrogen and oxygen atoms in total. The zero-order valence-electron chi connectivity index (χ0n) is 17.6. The van der Waals surface area contributed by atoms with Gasteiger partial charge in [0.2, 0.25) is 5.88 Å². The van der Waals surface area contributed by atoms with Crippen LogP contribution >= 0.6 is 22.9 Å². The Morgan fingerprint density at radius 2 is 1.89 bits per heavy atom. The molecule has 14 heteroatoms. The second-order valence-corrected chi connectivity index (χ2v) is 8.48. The van der Waals surface area contributed by atoms with Gasteiger partial charge in [0.25, 0.3) is 5.91 Å². The highest BCUT2D eigenvalue weighted by molar-refractivity contribution is 7.19. The Labute approximate surface area is 203 Å². The Kier molecular flexibility index (Phi) is 5.65. The van der Waals surface area contributed by atoms with Crippen molar-refractivity contribution in [2.45, 2.75) is 6.18 Å². The third-order valence-corrected chi connectivity index (χ3v) is 6.37. The molecule has 0 saturated heterocycles. The van der Waals surface area contributed by atoms with E-state index in [1.165, 1.54) is 42.6 Å². The van der Waals surface area contributed by atoms with E-state index in [4.69, 9.17) is 16.3 Å². The average molecular weight is 520 g/mol. The summed E-state index contributed by atoms with van der Waals surface area (Å²) in [6.07, 6.45) is 0.288.